The molecule has 0 fully saturated rings. The minimum absolute atomic E-state index is 0.151. The number of carboxylic acid groups (broad SMARTS) is 1. The summed E-state index contributed by atoms with van der Waals surface area (Å²) in [6, 6.07) is 2.97. The Balaban J connectivity index is 2.68. The van der Waals surface area contributed by atoms with Gasteiger partial charge in [0.15, 0.2) is 5.60 Å². The van der Waals surface area contributed by atoms with Crippen molar-refractivity contribution in [2.45, 2.75) is 12.5 Å². The van der Waals surface area contributed by atoms with Crippen molar-refractivity contribution in [3.8, 4) is 0 Å². The second kappa shape index (κ2) is 6.50. The lowest BCUT2D eigenvalue weighted by atomic mass is 10.1. The van der Waals surface area contributed by atoms with Gasteiger partial charge in [-0.15, -0.1) is 0 Å². The zero-order valence-corrected chi connectivity index (χ0v) is 12.4. The van der Waals surface area contributed by atoms with Crippen LogP contribution in [0.2, 0.25) is 0 Å². The lowest BCUT2D eigenvalue weighted by Crippen LogP contribution is -2.47. The molecule has 0 aromatic heterocycles. The largest absolute Gasteiger partial charge is 0.479 e. The van der Waals surface area contributed by atoms with Gasteiger partial charge in [0.1, 0.15) is 0 Å². The van der Waals surface area contributed by atoms with E-state index in [9.17, 15) is 24.8 Å². The predicted octanol–water partition coefficient (Wildman–Crippen LogP) is 1.31. The summed E-state index contributed by atoms with van der Waals surface area (Å²) in [6.45, 7) is 0.538. The fraction of sp³-hybridized carbons (Fsp3) is 0.273. The summed E-state index contributed by atoms with van der Waals surface area (Å²) in [6.07, 6.45) is 0. The van der Waals surface area contributed by atoms with Crippen LogP contribution < -0.4 is 10.6 Å². The molecule has 0 saturated carbocycles. The number of hydrogen-bond acceptors (Lipinski definition) is 5. The molecule has 0 aliphatic carbocycles. The number of amides is 2. The molecule has 0 aliphatic rings. The number of halogens is 1. The topological polar surface area (TPSA) is 142 Å². The van der Waals surface area contributed by atoms with E-state index in [2.05, 4.69) is 26.6 Å². The maximum atomic E-state index is 11.6. The second-order valence-corrected chi connectivity index (χ2v) is 5.16. The van der Waals surface area contributed by atoms with E-state index in [1.165, 1.54) is 18.2 Å². The van der Waals surface area contributed by atoms with Gasteiger partial charge in [-0.25, -0.2) is 9.59 Å². The van der Waals surface area contributed by atoms with Gasteiger partial charge < -0.3 is 20.8 Å². The van der Waals surface area contributed by atoms with Crippen molar-refractivity contribution in [2.24, 2.45) is 0 Å². The van der Waals surface area contributed by atoms with Crippen LogP contribution >= 0.6 is 15.9 Å². The molecule has 9 nitrogen and oxygen atoms in total. The van der Waals surface area contributed by atoms with E-state index >= 15 is 0 Å². The van der Waals surface area contributed by atoms with Gasteiger partial charge in [0.25, 0.3) is 5.69 Å². The van der Waals surface area contributed by atoms with Crippen LogP contribution in [0.4, 0.5) is 16.2 Å². The highest BCUT2D eigenvalue weighted by molar-refractivity contribution is 9.10. The van der Waals surface area contributed by atoms with Crippen molar-refractivity contribution in [3.63, 3.8) is 0 Å². The first kappa shape index (κ1) is 16.9. The van der Waals surface area contributed by atoms with E-state index in [1.54, 1.807) is 0 Å². The molecule has 2 amide bonds. The molecule has 0 saturated heterocycles. The van der Waals surface area contributed by atoms with Crippen molar-refractivity contribution >= 4 is 39.3 Å². The van der Waals surface area contributed by atoms with Crippen LogP contribution in [0.3, 0.4) is 0 Å². The van der Waals surface area contributed by atoms with Gasteiger partial charge in [-0.05, 0) is 28.9 Å². The minimum Gasteiger partial charge on any atom is -0.479 e. The second-order valence-electron chi connectivity index (χ2n) is 4.31. The van der Waals surface area contributed by atoms with E-state index in [4.69, 9.17) is 5.11 Å². The summed E-state index contributed by atoms with van der Waals surface area (Å²) in [5.41, 5.74) is -1.99. The third-order valence-corrected chi connectivity index (χ3v) is 3.12. The lowest BCUT2D eigenvalue weighted by molar-refractivity contribution is -0.384. The number of nitro benzene ring substituents is 1. The SMILES string of the molecule is CC(O)(CNC(=O)Nc1ccc([N+](=O)[O-])cc1Br)C(=O)O. The number of hydrogen-bond donors (Lipinski definition) is 4. The molecule has 1 aromatic rings. The smallest absolute Gasteiger partial charge is 0.337 e. The van der Waals surface area contributed by atoms with Crippen LogP contribution in [0, 0.1) is 10.1 Å². The average Bonchev–Trinajstić information content (AvgIpc) is 2.38. The summed E-state index contributed by atoms with van der Waals surface area (Å²) in [4.78, 5) is 32.2. The monoisotopic (exact) mass is 361 g/mol. The van der Waals surface area contributed by atoms with Crippen LogP contribution in [0.1, 0.15) is 6.92 Å². The highest BCUT2D eigenvalue weighted by atomic mass is 79.9. The molecule has 1 atom stereocenters. The standard InChI is InChI=1S/C11H12BrN3O6/c1-11(19,9(16)17)5-13-10(18)14-8-3-2-6(15(20)21)4-7(8)12/h2-4,19H,5H2,1H3,(H,16,17)(H2,13,14,18). The number of benzene rings is 1. The number of carbonyl (C=O) groups is 2. The van der Waals surface area contributed by atoms with Crippen LogP contribution in [0.15, 0.2) is 22.7 Å². The molecule has 0 spiro atoms. The molecule has 0 radical (unpaired) electrons. The summed E-state index contributed by atoms with van der Waals surface area (Å²) in [5.74, 6) is -1.47. The molecule has 1 aromatic carbocycles. The molecule has 0 aliphatic heterocycles. The highest BCUT2D eigenvalue weighted by Gasteiger charge is 2.30. The first-order valence-electron chi connectivity index (χ1n) is 5.58. The Labute approximate surface area is 127 Å². The van der Waals surface area contributed by atoms with Gasteiger partial charge >= 0.3 is 12.0 Å². The van der Waals surface area contributed by atoms with Gasteiger partial charge in [0.2, 0.25) is 0 Å². The van der Waals surface area contributed by atoms with Crippen LogP contribution in [-0.4, -0.2) is 39.3 Å². The Morgan fingerprint density at radius 1 is 1.48 bits per heavy atom. The van der Waals surface area contributed by atoms with Crippen LogP contribution in [-0.2, 0) is 4.79 Å². The fourth-order valence-electron chi connectivity index (χ4n) is 1.21. The quantitative estimate of drug-likeness (QED) is 0.460. The van der Waals surface area contributed by atoms with Crippen molar-refractivity contribution in [2.75, 3.05) is 11.9 Å². The first-order chi connectivity index (χ1) is 9.63. The first-order valence-corrected chi connectivity index (χ1v) is 6.37. The number of nitrogens with one attached hydrogen (secondary N) is 2. The van der Waals surface area contributed by atoms with Gasteiger partial charge in [-0.3, -0.25) is 10.1 Å². The highest BCUT2D eigenvalue weighted by Crippen LogP contribution is 2.26. The predicted molar refractivity (Wildman–Crippen MR) is 76.1 cm³/mol. The zero-order chi connectivity index (χ0) is 16.2. The lowest BCUT2D eigenvalue weighted by Gasteiger charge is -2.18. The van der Waals surface area contributed by atoms with Gasteiger partial charge in [0.05, 0.1) is 17.2 Å². The number of anilines is 1. The Kier molecular flexibility index (Phi) is 5.22. The molecule has 4 N–H and O–H groups in total. The van der Waals surface area contributed by atoms with E-state index < -0.39 is 29.1 Å². The number of aliphatic carboxylic acids is 1. The molecular formula is C11H12BrN3O6. The van der Waals surface area contributed by atoms with Crippen molar-refractivity contribution in [1.82, 2.24) is 5.32 Å². The molecule has 1 unspecified atom stereocenters. The molecule has 114 valence electrons. The minimum atomic E-state index is -2.09. The van der Waals surface area contributed by atoms with Crippen LogP contribution in [0.25, 0.3) is 0 Å². The number of carboxylic acids is 1. The molecule has 1 rings (SSSR count). The Morgan fingerprint density at radius 3 is 2.57 bits per heavy atom. The molecular weight excluding hydrogens is 350 g/mol. The normalized spacial score (nSPS) is 13.1. The van der Waals surface area contributed by atoms with Crippen LogP contribution in [0.5, 0.6) is 0 Å². The summed E-state index contributed by atoms with van der Waals surface area (Å²) in [7, 11) is 0. The summed E-state index contributed by atoms with van der Waals surface area (Å²) < 4.78 is 0.289. The van der Waals surface area contributed by atoms with E-state index in [-0.39, 0.29) is 15.8 Å². The summed E-state index contributed by atoms with van der Waals surface area (Å²) >= 11 is 3.07. The van der Waals surface area contributed by atoms with Crippen molar-refractivity contribution < 1.29 is 24.7 Å². The Morgan fingerprint density at radius 2 is 2.10 bits per heavy atom. The van der Waals surface area contributed by atoms with E-state index in [1.807, 2.05) is 0 Å². The molecule has 0 bridgehead atoms. The number of non-ortho nitro benzene ring substituents is 1. The number of rotatable bonds is 5. The molecule has 10 heteroatoms. The van der Waals surface area contributed by atoms with Crippen molar-refractivity contribution in [3.05, 3.63) is 32.8 Å². The van der Waals surface area contributed by atoms with Gasteiger partial charge in [-0.1, -0.05) is 0 Å². The zero-order valence-electron chi connectivity index (χ0n) is 10.8. The average molecular weight is 362 g/mol. The number of nitrogens with zero attached hydrogens (tertiary/aromatic N) is 1. The number of nitro groups is 1. The molecule has 0 heterocycles. The fourth-order valence-corrected chi connectivity index (χ4v) is 1.68. The number of carbonyl (C=O) groups excluding carboxylic acids is 1. The summed E-state index contributed by atoms with van der Waals surface area (Å²) in [5, 5.41) is 33.2. The van der Waals surface area contributed by atoms with E-state index in [0.717, 1.165) is 6.92 Å². The number of urea groups is 1. The molecule has 21 heavy (non-hydrogen) atoms. The van der Waals surface area contributed by atoms with Crippen molar-refractivity contribution in [1.29, 1.82) is 0 Å². The Bertz CT molecular complexity index is 589. The third-order valence-electron chi connectivity index (χ3n) is 2.47. The maximum absolute atomic E-state index is 11.6. The Hall–Kier alpha value is -2.20. The van der Waals surface area contributed by atoms with Gasteiger partial charge in [0, 0.05) is 16.6 Å². The van der Waals surface area contributed by atoms with Gasteiger partial charge in [-0.2, -0.15) is 0 Å². The third kappa shape index (κ3) is 4.68. The van der Waals surface area contributed by atoms with E-state index in [0.29, 0.717) is 0 Å². The maximum Gasteiger partial charge on any atom is 0.337 e. The number of aliphatic hydroxyl groups is 1.